The zero-order valence-electron chi connectivity index (χ0n) is 16.5. The number of benzene rings is 1. The van der Waals surface area contributed by atoms with E-state index in [4.69, 9.17) is 21.9 Å². The monoisotopic (exact) mass is 454 g/mol. The summed E-state index contributed by atoms with van der Waals surface area (Å²) in [4.78, 5) is 25.9. The average Bonchev–Trinajstić information content (AvgIpc) is 3.39. The molecule has 3 aromatic heterocycles. The molecule has 1 fully saturated rings. The van der Waals surface area contributed by atoms with Gasteiger partial charge in [-0.2, -0.15) is 0 Å². The molecule has 1 aliphatic rings. The van der Waals surface area contributed by atoms with Gasteiger partial charge in [0.1, 0.15) is 12.1 Å². The lowest BCUT2D eigenvalue weighted by Gasteiger charge is -2.34. The lowest BCUT2D eigenvalue weighted by Crippen LogP contribution is -2.49. The van der Waals surface area contributed by atoms with E-state index < -0.39 is 0 Å². The molecular weight excluding hydrogens is 436 g/mol. The van der Waals surface area contributed by atoms with Crippen molar-refractivity contribution in [3.63, 3.8) is 0 Å². The summed E-state index contributed by atoms with van der Waals surface area (Å²) in [6.07, 6.45) is 1.45. The van der Waals surface area contributed by atoms with Crippen LogP contribution in [-0.4, -0.2) is 50.5 Å². The van der Waals surface area contributed by atoms with Gasteiger partial charge in [-0.15, -0.1) is 11.3 Å². The Morgan fingerprint density at radius 3 is 2.84 bits per heavy atom. The summed E-state index contributed by atoms with van der Waals surface area (Å²) in [6, 6.07) is 11.5. The molecule has 31 heavy (non-hydrogen) atoms. The molecule has 0 bridgehead atoms. The highest BCUT2D eigenvalue weighted by atomic mass is 35.5. The molecule has 0 aliphatic carbocycles. The first-order valence-corrected chi connectivity index (χ1v) is 10.9. The molecule has 0 unspecified atom stereocenters. The maximum absolute atomic E-state index is 12.7. The zero-order valence-corrected chi connectivity index (χ0v) is 18.1. The van der Waals surface area contributed by atoms with Crippen LogP contribution in [0.5, 0.6) is 0 Å². The number of nitrogens with zero attached hydrogens (tertiary/aromatic N) is 5. The van der Waals surface area contributed by atoms with Gasteiger partial charge in [0.05, 0.1) is 27.0 Å². The minimum atomic E-state index is 0.0855. The van der Waals surface area contributed by atoms with Crippen molar-refractivity contribution < 1.29 is 9.32 Å². The number of nitrogens with two attached hydrogens (primary N) is 1. The molecule has 158 valence electrons. The zero-order chi connectivity index (χ0) is 21.4. The first kappa shape index (κ1) is 19.9. The number of hydrogen-bond donors (Lipinski definition) is 1. The normalized spacial score (nSPS) is 15.1. The fourth-order valence-electron chi connectivity index (χ4n) is 3.68. The number of thiophene rings is 1. The van der Waals surface area contributed by atoms with E-state index in [0.29, 0.717) is 42.1 Å². The second kappa shape index (κ2) is 8.26. The van der Waals surface area contributed by atoms with Gasteiger partial charge in [0.2, 0.25) is 5.91 Å². The van der Waals surface area contributed by atoms with Crippen LogP contribution in [0.3, 0.4) is 0 Å². The van der Waals surface area contributed by atoms with Crippen LogP contribution >= 0.6 is 22.9 Å². The van der Waals surface area contributed by atoms with Crippen molar-refractivity contribution >= 4 is 45.6 Å². The minimum Gasteiger partial charge on any atom is -0.383 e. The number of carbonyl (C=O) groups excluding carboxylic acids is 1. The molecule has 1 saturated heterocycles. The number of anilines is 1. The molecule has 0 saturated carbocycles. The number of halogens is 1. The maximum atomic E-state index is 12.7. The predicted octanol–water partition coefficient (Wildman–Crippen LogP) is 3.43. The maximum Gasteiger partial charge on any atom is 0.237 e. The van der Waals surface area contributed by atoms with E-state index in [2.05, 4.69) is 20.0 Å². The number of piperazine rings is 1. The first-order chi connectivity index (χ1) is 15.0. The van der Waals surface area contributed by atoms with Gasteiger partial charge in [0, 0.05) is 37.6 Å². The van der Waals surface area contributed by atoms with Crippen molar-refractivity contribution in [3.05, 3.63) is 58.3 Å². The quantitative estimate of drug-likeness (QED) is 0.493. The van der Waals surface area contributed by atoms with Gasteiger partial charge in [0.15, 0.2) is 5.76 Å². The number of amides is 1. The molecule has 0 radical (unpaired) electrons. The van der Waals surface area contributed by atoms with E-state index in [1.54, 1.807) is 0 Å². The Labute approximate surface area is 187 Å². The molecule has 0 spiro atoms. The second-order valence-corrected chi connectivity index (χ2v) is 9.14. The third-order valence-corrected chi connectivity index (χ3v) is 6.51. The number of nitrogen functional groups attached to an aromatic ring is 1. The Bertz CT molecular complexity index is 1260. The summed E-state index contributed by atoms with van der Waals surface area (Å²) in [5.74, 6) is 1.24. The smallest absolute Gasteiger partial charge is 0.237 e. The summed E-state index contributed by atoms with van der Waals surface area (Å²) in [5, 5.41) is 4.96. The lowest BCUT2D eigenvalue weighted by atomic mass is 10.1. The summed E-state index contributed by atoms with van der Waals surface area (Å²) in [7, 11) is 0. The van der Waals surface area contributed by atoms with Crippen LogP contribution < -0.4 is 5.73 Å². The molecule has 0 atom stereocenters. The van der Waals surface area contributed by atoms with Crippen LogP contribution in [0, 0.1) is 0 Å². The molecule has 1 aliphatic heterocycles. The van der Waals surface area contributed by atoms with Crippen molar-refractivity contribution in [2.75, 3.05) is 25.4 Å². The average molecular weight is 455 g/mol. The summed E-state index contributed by atoms with van der Waals surface area (Å²) >= 11 is 7.44. The van der Waals surface area contributed by atoms with Crippen molar-refractivity contribution in [2.24, 2.45) is 0 Å². The van der Waals surface area contributed by atoms with Crippen LogP contribution in [-0.2, 0) is 17.9 Å². The Morgan fingerprint density at radius 1 is 1.13 bits per heavy atom. The molecule has 5 rings (SSSR count). The van der Waals surface area contributed by atoms with E-state index in [1.165, 1.54) is 17.7 Å². The van der Waals surface area contributed by atoms with Gasteiger partial charge in [-0.3, -0.25) is 9.69 Å². The SMILES string of the molecule is Nc1ncnc2cc(CN3CCN(Cc4cc(-c5ccc(Cl)s5)on4)CC3=O)ccc12. The molecule has 1 amide bonds. The number of aromatic nitrogens is 3. The highest BCUT2D eigenvalue weighted by Gasteiger charge is 2.25. The van der Waals surface area contributed by atoms with E-state index >= 15 is 0 Å². The molecule has 1 aromatic carbocycles. The molecule has 4 aromatic rings. The van der Waals surface area contributed by atoms with E-state index in [-0.39, 0.29) is 5.91 Å². The van der Waals surface area contributed by atoms with Gasteiger partial charge in [0.25, 0.3) is 0 Å². The van der Waals surface area contributed by atoms with Gasteiger partial charge in [-0.1, -0.05) is 22.8 Å². The Kier molecular flexibility index (Phi) is 5.31. The number of carbonyl (C=O) groups is 1. The molecule has 2 N–H and O–H groups in total. The third kappa shape index (κ3) is 4.25. The van der Waals surface area contributed by atoms with Gasteiger partial charge >= 0.3 is 0 Å². The summed E-state index contributed by atoms with van der Waals surface area (Å²) in [6.45, 7) is 2.86. The van der Waals surface area contributed by atoms with Gasteiger partial charge in [-0.05, 0) is 29.8 Å². The first-order valence-electron chi connectivity index (χ1n) is 9.76. The van der Waals surface area contributed by atoms with Crippen LogP contribution in [0.15, 0.2) is 47.2 Å². The summed E-state index contributed by atoms with van der Waals surface area (Å²) < 4.78 is 6.14. The standard InChI is InChI=1S/C21H19ClN6O2S/c22-19-4-3-18(31-19)17-8-14(26-30-17)10-27-5-6-28(20(29)11-27)9-13-1-2-15-16(7-13)24-12-25-21(15)23/h1-4,7-8,12H,5-6,9-11H2,(H2,23,24,25). The predicted molar refractivity (Wildman–Crippen MR) is 119 cm³/mol. The van der Waals surface area contributed by atoms with Crippen molar-refractivity contribution in [1.82, 2.24) is 24.9 Å². The fourth-order valence-corrected chi connectivity index (χ4v) is 4.67. The highest BCUT2D eigenvalue weighted by molar-refractivity contribution is 7.19. The van der Waals surface area contributed by atoms with Crippen LogP contribution in [0.2, 0.25) is 4.34 Å². The highest BCUT2D eigenvalue weighted by Crippen LogP contribution is 2.31. The van der Waals surface area contributed by atoms with Gasteiger partial charge in [-0.25, -0.2) is 9.97 Å². The van der Waals surface area contributed by atoms with E-state index in [1.807, 2.05) is 41.3 Å². The second-order valence-electron chi connectivity index (χ2n) is 7.42. The van der Waals surface area contributed by atoms with Crippen LogP contribution in [0.4, 0.5) is 5.82 Å². The minimum absolute atomic E-state index is 0.0855. The number of fused-ring (bicyclic) bond motifs is 1. The lowest BCUT2D eigenvalue weighted by molar-refractivity contribution is -0.136. The largest absolute Gasteiger partial charge is 0.383 e. The molecular formula is C21H19ClN6O2S. The molecule has 10 heteroatoms. The molecule has 4 heterocycles. The Hall–Kier alpha value is -3.01. The van der Waals surface area contributed by atoms with E-state index in [9.17, 15) is 4.79 Å². The van der Waals surface area contributed by atoms with Crippen molar-refractivity contribution in [2.45, 2.75) is 13.1 Å². The Balaban J connectivity index is 1.21. The number of hydrogen-bond acceptors (Lipinski definition) is 8. The van der Waals surface area contributed by atoms with Crippen molar-refractivity contribution in [1.29, 1.82) is 0 Å². The van der Waals surface area contributed by atoms with Crippen molar-refractivity contribution in [3.8, 4) is 10.6 Å². The molecule has 8 nitrogen and oxygen atoms in total. The van der Waals surface area contributed by atoms with Crippen LogP contribution in [0.25, 0.3) is 21.5 Å². The number of rotatable bonds is 5. The van der Waals surface area contributed by atoms with E-state index in [0.717, 1.165) is 33.6 Å². The third-order valence-electron chi connectivity index (χ3n) is 5.26. The topological polar surface area (TPSA) is 101 Å². The van der Waals surface area contributed by atoms with Crippen LogP contribution in [0.1, 0.15) is 11.3 Å². The fraction of sp³-hybridized carbons (Fsp3) is 0.238. The summed E-state index contributed by atoms with van der Waals surface area (Å²) in [5.41, 5.74) is 8.49. The van der Waals surface area contributed by atoms with Gasteiger partial charge < -0.3 is 15.2 Å². The Morgan fingerprint density at radius 2 is 2.03 bits per heavy atom.